The molecule has 0 bridgehead atoms. The zero-order chi connectivity index (χ0) is 7.56. The minimum atomic E-state index is -1.37. The molecule has 0 atom stereocenters. The van der Waals surface area contributed by atoms with E-state index in [1.165, 1.54) is 0 Å². The van der Waals surface area contributed by atoms with E-state index in [1.807, 2.05) is 6.92 Å². The molecule has 11 heavy (non-hydrogen) atoms. The largest absolute Gasteiger partial charge is 0.462 e. The summed E-state index contributed by atoms with van der Waals surface area (Å²) < 4.78 is 0. The van der Waals surface area contributed by atoms with Gasteiger partial charge in [0, 0.05) is 21.1 Å². The van der Waals surface area contributed by atoms with Crippen molar-refractivity contribution in [3.05, 3.63) is 29.8 Å². The third-order valence-electron chi connectivity index (χ3n) is 1.27. The zero-order valence-corrected chi connectivity index (χ0v) is 9.05. The van der Waals surface area contributed by atoms with E-state index in [2.05, 4.69) is 6.07 Å². The summed E-state index contributed by atoms with van der Waals surface area (Å²) in [7, 11) is -1.37. The van der Waals surface area contributed by atoms with Gasteiger partial charge in [-0.05, 0) is 0 Å². The van der Waals surface area contributed by atoms with Crippen LogP contribution in [0.4, 0.5) is 0 Å². The molecule has 0 saturated heterocycles. The Morgan fingerprint density at radius 1 is 1.45 bits per heavy atom. The van der Waals surface area contributed by atoms with E-state index in [1.54, 1.807) is 18.2 Å². The summed E-state index contributed by atoms with van der Waals surface area (Å²) >= 11 is 0. The molecule has 0 amide bonds. The molecule has 58 valence electrons. The molecule has 2 nitrogen and oxygen atoms in total. The van der Waals surface area contributed by atoms with Gasteiger partial charge in [0.15, 0.2) is 0 Å². The molecule has 0 aliphatic rings. The van der Waals surface area contributed by atoms with Gasteiger partial charge in [-0.25, -0.2) is 0 Å². The van der Waals surface area contributed by atoms with Gasteiger partial charge in [-0.1, -0.05) is 6.92 Å². The van der Waals surface area contributed by atoms with Crippen LogP contribution < -0.4 is 5.46 Å². The van der Waals surface area contributed by atoms with Crippen LogP contribution in [0.2, 0.25) is 0 Å². The first-order valence-electron chi connectivity index (χ1n) is 3.04. The molecule has 0 aliphatic carbocycles. The van der Waals surface area contributed by atoms with Gasteiger partial charge in [0.1, 0.15) is 0 Å². The van der Waals surface area contributed by atoms with Gasteiger partial charge in [0.25, 0.3) is 0 Å². The SMILES string of the molecule is Cc1[c-]ccc(B(O)O)c1.[W]. The van der Waals surface area contributed by atoms with Crippen LogP contribution in [0.3, 0.4) is 0 Å². The van der Waals surface area contributed by atoms with Crippen LogP contribution in [-0.4, -0.2) is 17.2 Å². The van der Waals surface area contributed by atoms with Crippen LogP contribution in [0.5, 0.6) is 0 Å². The number of hydrogen-bond donors (Lipinski definition) is 2. The summed E-state index contributed by atoms with van der Waals surface area (Å²) in [6.45, 7) is 1.85. The van der Waals surface area contributed by atoms with E-state index in [9.17, 15) is 0 Å². The minimum Gasteiger partial charge on any atom is -0.425 e. The van der Waals surface area contributed by atoms with Crippen molar-refractivity contribution in [3.8, 4) is 0 Å². The second kappa shape index (κ2) is 4.71. The fraction of sp³-hybridized carbons (Fsp3) is 0.143. The number of rotatable bonds is 1. The first-order chi connectivity index (χ1) is 4.70. The molecule has 0 unspecified atom stereocenters. The summed E-state index contributed by atoms with van der Waals surface area (Å²) in [6.07, 6.45) is 0. The monoisotopic (exact) mass is 319 g/mol. The van der Waals surface area contributed by atoms with Crippen molar-refractivity contribution in [1.82, 2.24) is 0 Å². The van der Waals surface area contributed by atoms with Crippen molar-refractivity contribution < 1.29 is 31.1 Å². The number of benzene rings is 1. The van der Waals surface area contributed by atoms with Gasteiger partial charge in [-0.15, -0.1) is 5.46 Å². The van der Waals surface area contributed by atoms with Crippen LogP contribution in [0, 0.1) is 13.0 Å². The molecule has 1 aromatic rings. The molecule has 0 fully saturated rings. The zero-order valence-electron chi connectivity index (χ0n) is 6.11. The number of aryl methyl sites for hydroxylation is 1. The summed E-state index contributed by atoms with van der Waals surface area (Å²) in [6, 6.07) is 7.88. The quantitative estimate of drug-likeness (QED) is 0.540. The molecule has 1 aromatic carbocycles. The van der Waals surface area contributed by atoms with E-state index >= 15 is 0 Å². The Hall–Kier alpha value is -0.107. The third-order valence-corrected chi connectivity index (χ3v) is 1.27. The van der Waals surface area contributed by atoms with Crippen LogP contribution in [0.15, 0.2) is 18.2 Å². The molecule has 1 rings (SSSR count). The topological polar surface area (TPSA) is 40.5 Å². The van der Waals surface area contributed by atoms with Gasteiger partial charge in [-0.2, -0.15) is 29.8 Å². The first kappa shape index (κ1) is 10.9. The van der Waals surface area contributed by atoms with Crippen LogP contribution >= 0.6 is 0 Å². The molecule has 0 aliphatic heterocycles. The number of hydrogen-bond acceptors (Lipinski definition) is 2. The van der Waals surface area contributed by atoms with E-state index in [-0.39, 0.29) is 21.1 Å². The normalized spacial score (nSPS) is 8.64. The fourth-order valence-corrected chi connectivity index (χ4v) is 0.770. The second-order valence-electron chi connectivity index (χ2n) is 2.18. The molecule has 2 N–H and O–H groups in total. The third kappa shape index (κ3) is 3.19. The molecular weight excluding hydrogens is 311 g/mol. The molecule has 0 heterocycles. The summed E-state index contributed by atoms with van der Waals surface area (Å²) in [5.74, 6) is 0. The predicted octanol–water partition coefficient (Wildman–Crippen LogP) is -0.527. The van der Waals surface area contributed by atoms with Crippen molar-refractivity contribution in [2.24, 2.45) is 0 Å². The smallest absolute Gasteiger partial charge is 0.425 e. The van der Waals surface area contributed by atoms with E-state index in [4.69, 9.17) is 10.0 Å². The van der Waals surface area contributed by atoms with Gasteiger partial charge in [-0.3, -0.25) is 0 Å². The second-order valence-corrected chi connectivity index (χ2v) is 2.18. The Kier molecular flexibility index (Phi) is 4.66. The molecule has 0 saturated carbocycles. The van der Waals surface area contributed by atoms with E-state index in [0.717, 1.165) is 5.56 Å². The van der Waals surface area contributed by atoms with Crippen molar-refractivity contribution in [2.75, 3.05) is 0 Å². The van der Waals surface area contributed by atoms with Crippen molar-refractivity contribution in [1.29, 1.82) is 0 Å². The van der Waals surface area contributed by atoms with Crippen molar-refractivity contribution >= 4 is 12.6 Å². The predicted molar refractivity (Wildman–Crippen MR) is 39.8 cm³/mol. The maximum absolute atomic E-state index is 8.69. The van der Waals surface area contributed by atoms with Gasteiger partial charge in [0.2, 0.25) is 0 Å². The Labute approximate surface area is 80.7 Å². The maximum Gasteiger partial charge on any atom is 0.462 e. The van der Waals surface area contributed by atoms with Crippen molar-refractivity contribution in [2.45, 2.75) is 6.92 Å². The molecule has 0 spiro atoms. The Morgan fingerprint density at radius 2 is 2.09 bits per heavy atom. The average Bonchev–Trinajstić information content (AvgIpc) is 1.88. The van der Waals surface area contributed by atoms with Crippen molar-refractivity contribution in [3.63, 3.8) is 0 Å². The summed E-state index contributed by atoms with van der Waals surface area (Å²) in [4.78, 5) is 0. The fourth-order valence-electron chi connectivity index (χ4n) is 0.770. The van der Waals surface area contributed by atoms with Gasteiger partial charge >= 0.3 is 7.12 Å². The minimum absolute atomic E-state index is 0. The molecule has 0 radical (unpaired) electrons. The van der Waals surface area contributed by atoms with Crippen LogP contribution in [0.25, 0.3) is 0 Å². The Bertz CT molecular complexity index is 227. The van der Waals surface area contributed by atoms with E-state index < -0.39 is 7.12 Å². The Balaban J connectivity index is 0.000001000. The molecular formula is C7H8BO2W-. The molecule has 0 aromatic heterocycles. The van der Waals surface area contributed by atoms with Crippen LogP contribution in [-0.2, 0) is 21.1 Å². The molecule has 4 heteroatoms. The maximum atomic E-state index is 8.69. The average molecular weight is 319 g/mol. The van der Waals surface area contributed by atoms with E-state index in [0.29, 0.717) is 5.46 Å². The van der Waals surface area contributed by atoms with Gasteiger partial charge < -0.3 is 10.0 Å². The van der Waals surface area contributed by atoms with Crippen LogP contribution in [0.1, 0.15) is 5.56 Å². The first-order valence-corrected chi connectivity index (χ1v) is 3.04. The standard InChI is InChI=1S/C7H8BO2.W/c1-6-3-2-4-7(5-6)8(9)10;/h2,4-5,9-10H,1H3;/q-1;. The summed E-state index contributed by atoms with van der Waals surface area (Å²) in [5, 5.41) is 17.4. The summed E-state index contributed by atoms with van der Waals surface area (Å²) in [5.41, 5.74) is 1.42. The van der Waals surface area contributed by atoms with Gasteiger partial charge in [0.05, 0.1) is 0 Å². The Morgan fingerprint density at radius 3 is 2.45 bits per heavy atom.